The number of aryl methyl sites for hydroxylation is 1. The van der Waals surface area contributed by atoms with Crippen LogP contribution in [0.1, 0.15) is 19.0 Å². The topological polar surface area (TPSA) is 85.1 Å². The van der Waals surface area contributed by atoms with E-state index in [0.29, 0.717) is 35.4 Å². The first-order valence-corrected chi connectivity index (χ1v) is 10.2. The van der Waals surface area contributed by atoms with E-state index in [4.69, 9.17) is 4.74 Å². The van der Waals surface area contributed by atoms with Gasteiger partial charge in [-0.1, -0.05) is 6.92 Å². The predicted molar refractivity (Wildman–Crippen MR) is 109 cm³/mol. The minimum absolute atomic E-state index is 0.0800. The first-order chi connectivity index (χ1) is 14.5. The third kappa shape index (κ3) is 3.31. The second-order valence-electron chi connectivity index (χ2n) is 8.25. The lowest BCUT2D eigenvalue weighted by molar-refractivity contribution is 0.0193. The molecule has 0 radical (unpaired) electrons. The number of nitrogens with one attached hydrogen (secondary N) is 1. The Morgan fingerprint density at radius 2 is 2.07 bits per heavy atom. The van der Waals surface area contributed by atoms with Crippen molar-refractivity contribution in [2.45, 2.75) is 38.6 Å². The van der Waals surface area contributed by atoms with Gasteiger partial charge in [0.25, 0.3) is 0 Å². The number of hydrogen-bond acceptors (Lipinski definition) is 6. The lowest BCUT2D eigenvalue weighted by Gasteiger charge is -2.35. The van der Waals surface area contributed by atoms with Gasteiger partial charge in [0.05, 0.1) is 17.1 Å². The molecule has 3 heterocycles. The fourth-order valence-corrected chi connectivity index (χ4v) is 4.55. The summed E-state index contributed by atoms with van der Waals surface area (Å²) in [6.45, 7) is 4.84. The Bertz CT molecular complexity index is 1050. The summed E-state index contributed by atoms with van der Waals surface area (Å²) >= 11 is 0. The van der Waals surface area contributed by atoms with Gasteiger partial charge in [0.2, 0.25) is 5.88 Å². The van der Waals surface area contributed by atoms with Crippen molar-refractivity contribution in [3.63, 3.8) is 0 Å². The minimum atomic E-state index is -1.07. The fourth-order valence-electron chi connectivity index (χ4n) is 4.55. The van der Waals surface area contributed by atoms with Crippen molar-refractivity contribution >= 4 is 0 Å². The van der Waals surface area contributed by atoms with Gasteiger partial charge in [-0.25, -0.2) is 9.07 Å². The number of aromatic hydroxyl groups is 1. The molecule has 1 aliphatic heterocycles. The highest BCUT2D eigenvalue weighted by Crippen LogP contribution is 2.38. The van der Waals surface area contributed by atoms with Gasteiger partial charge in [-0.3, -0.25) is 0 Å². The Morgan fingerprint density at radius 1 is 1.20 bits per heavy atom. The summed E-state index contributed by atoms with van der Waals surface area (Å²) in [5.74, 6) is 1.12. The molecule has 1 aromatic carbocycles. The van der Waals surface area contributed by atoms with E-state index in [0.717, 1.165) is 17.9 Å². The van der Waals surface area contributed by atoms with Crippen LogP contribution < -0.4 is 10.1 Å². The Labute approximate surface area is 173 Å². The Hall–Kier alpha value is -3.00. The number of fused-ring (bicyclic) bond motifs is 2. The maximum Gasteiger partial charge on any atom is 0.233 e. The molecule has 1 saturated carbocycles. The third-order valence-electron chi connectivity index (χ3n) is 6.32. The van der Waals surface area contributed by atoms with E-state index in [2.05, 4.69) is 27.5 Å². The molecule has 1 saturated heterocycles. The molecule has 156 valence electrons. The van der Waals surface area contributed by atoms with Crippen LogP contribution in [-0.4, -0.2) is 49.9 Å². The Morgan fingerprint density at radius 3 is 2.77 bits per heavy atom. The largest absolute Gasteiger partial charge is 0.507 e. The fraction of sp³-hybridized carbons (Fsp3) is 0.409. The quantitative estimate of drug-likeness (QED) is 0.689. The normalized spacial score (nSPS) is 27.9. The van der Waals surface area contributed by atoms with E-state index in [1.54, 1.807) is 28.9 Å². The highest BCUT2D eigenvalue weighted by molar-refractivity contribution is 5.68. The molecular weight excluding hydrogens is 385 g/mol. The number of phenols is 1. The summed E-state index contributed by atoms with van der Waals surface area (Å²) in [5, 5.41) is 26.4. The number of rotatable bonds is 4. The van der Waals surface area contributed by atoms with E-state index in [9.17, 15) is 9.50 Å². The van der Waals surface area contributed by atoms with E-state index >= 15 is 0 Å². The lowest BCUT2D eigenvalue weighted by Crippen LogP contribution is -2.48. The van der Waals surface area contributed by atoms with Crippen molar-refractivity contribution in [1.29, 1.82) is 0 Å². The molecule has 2 N–H and O–H groups in total. The first-order valence-electron chi connectivity index (χ1n) is 10.2. The number of halogens is 1. The van der Waals surface area contributed by atoms with Crippen LogP contribution in [-0.2, 0) is 0 Å². The second kappa shape index (κ2) is 7.36. The van der Waals surface area contributed by atoms with E-state index in [1.165, 1.54) is 0 Å². The molecule has 5 atom stereocenters. The molecule has 2 aliphatic rings. The van der Waals surface area contributed by atoms with Gasteiger partial charge in [0.15, 0.2) is 6.17 Å². The van der Waals surface area contributed by atoms with Gasteiger partial charge in [-0.05, 0) is 56.0 Å². The monoisotopic (exact) mass is 409 g/mol. The van der Waals surface area contributed by atoms with Crippen molar-refractivity contribution < 1.29 is 14.2 Å². The first kappa shape index (κ1) is 19.0. The zero-order valence-corrected chi connectivity index (χ0v) is 16.9. The second-order valence-corrected chi connectivity index (χ2v) is 8.25. The molecule has 8 heteroatoms. The highest BCUT2D eigenvalue weighted by atomic mass is 19.1. The van der Waals surface area contributed by atoms with Gasteiger partial charge in [0.1, 0.15) is 11.9 Å². The highest BCUT2D eigenvalue weighted by Gasteiger charge is 2.48. The Kier molecular flexibility index (Phi) is 4.66. The molecule has 7 nitrogen and oxygen atoms in total. The van der Waals surface area contributed by atoms with Gasteiger partial charge in [-0.15, -0.1) is 10.2 Å². The van der Waals surface area contributed by atoms with Crippen LogP contribution in [0.15, 0.2) is 42.6 Å². The van der Waals surface area contributed by atoms with E-state index in [-0.39, 0.29) is 11.8 Å². The van der Waals surface area contributed by atoms with Gasteiger partial charge < -0.3 is 15.2 Å². The van der Waals surface area contributed by atoms with Crippen molar-refractivity contribution in [2.75, 3.05) is 6.54 Å². The molecular formula is C22H24FN5O2. The number of alkyl halides is 1. The maximum absolute atomic E-state index is 14.8. The number of nitrogens with zero attached hydrogens (tertiary/aromatic N) is 4. The summed E-state index contributed by atoms with van der Waals surface area (Å²) in [6, 6.07) is 10.4. The van der Waals surface area contributed by atoms with Gasteiger partial charge >= 0.3 is 0 Å². The van der Waals surface area contributed by atoms with Crippen LogP contribution in [0.25, 0.3) is 16.9 Å². The van der Waals surface area contributed by atoms with Crippen molar-refractivity contribution in [2.24, 2.45) is 11.8 Å². The molecule has 2 fully saturated rings. The summed E-state index contributed by atoms with van der Waals surface area (Å²) in [7, 11) is 0. The number of hydrogen-bond donors (Lipinski definition) is 2. The van der Waals surface area contributed by atoms with Crippen LogP contribution in [0.4, 0.5) is 4.39 Å². The standard InChI is InChI=1S/C22H24FN5O2/c1-12-7-8-28(27-12)15-3-4-16(18(29)10-15)17-5-6-20(26-25-17)30-19-9-14-11-24-22(13(14)2)21(19)23/h3-8,10,13-14,19,21-22,24,29H,9,11H2,1-2H3. The van der Waals surface area contributed by atoms with Crippen molar-refractivity contribution in [3.8, 4) is 28.6 Å². The van der Waals surface area contributed by atoms with Gasteiger partial charge in [0, 0.05) is 29.9 Å². The van der Waals surface area contributed by atoms with Crippen LogP contribution in [0.3, 0.4) is 0 Å². The summed E-state index contributed by atoms with van der Waals surface area (Å²) in [6.07, 6.45) is 0.922. The third-order valence-corrected chi connectivity index (χ3v) is 6.32. The molecule has 0 amide bonds. The molecule has 30 heavy (non-hydrogen) atoms. The smallest absolute Gasteiger partial charge is 0.233 e. The molecule has 5 rings (SSSR count). The summed E-state index contributed by atoms with van der Waals surface area (Å²) < 4.78 is 22.3. The van der Waals surface area contributed by atoms with Gasteiger partial charge in [-0.2, -0.15) is 5.10 Å². The molecule has 2 bridgehead atoms. The molecule has 0 spiro atoms. The van der Waals surface area contributed by atoms with Crippen molar-refractivity contribution in [3.05, 3.63) is 48.3 Å². The zero-order valence-electron chi connectivity index (χ0n) is 16.9. The maximum atomic E-state index is 14.8. The number of phenolic OH excluding ortho intramolecular Hbond substituents is 1. The minimum Gasteiger partial charge on any atom is -0.507 e. The van der Waals surface area contributed by atoms with Crippen LogP contribution in [0, 0.1) is 18.8 Å². The Balaban J connectivity index is 1.32. The van der Waals surface area contributed by atoms with Crippen LogP contribution in [0.5, 0.6) is 11.6 Å². The average Bonchev–Trinajstić information content (AvgIpc) is 3.28. The number of benzene rings is 1. The summed E-state index contributed by atoms with van der Waals surface area (Å²) in [4.78, 5) is 0. The number of aromatic nitrogens is 4. The molecule has 2 aromatic heterocycles. The molecule has 5 unspecified atom stereocenters. The predicted octanol–water partition coefficient (Wildman–Crippen LogP) is 3.06. The zero-order chi connectivity index (χ0) is 20.8. The van der Waals surface area contributed by atoms with E-state index < -0.39 is 12.3 Å². The molecule has 3 aromatic rings. The number of ether oxygens (including phenoxy) is 1. The SMILES string of the molecule is Cc1ccn(-c2ccc(-c3ccc(OC4CC5CNC(C5C)C4F)nn3)c(O)c2)n1. The average molecular weight is 409 g/mol. The van der Waals surface area contributed by atoms with Crippen molar-refractivity contribution in [1.82, 2.24) is 25.3 Å². The molecule has 1 aliphatic carbocycles. The lowest BCUT2D eigenvalue weighted by atomic mass is 9.78. The van der Waals surface area contributed by atoms with E-state index in [1.807, 2.05) is 25.3 Å². The van der Waals surface area contributed by atoms with Crippen LogP contribution in [0.2, 0.25) is 0 Å². The van der Waals surface area contributed by atoms with Crippen LogP contribution >= 0.6 is 0 Å². The summed E-state index contributed by atoms with van der Waals surface area (Å²) in [5.41, 5.74) is 2.71.